The first kappa shape index (κ1) is 17.3. The molecule has 0 aliphatic carbocycles. The summed E-state index contributed by atoms with van der Waals surface area (Å²) in [6, 6.07) is 3.91. The van der Waals surface area contributed by atoms with E-state index in [9.17, 15) is 13.2 Å². The number of nitrogens with zero attached hydrogens (tertiary/aromatic N) is 4. The Balaban J connectivity index is 1.65. The molecule has 2 aliphatic heterocycles. The summed E-state index contributed by atoms with van der Waals surface area (Å²) < 4.78 is 27.6. The minimum Gasteiger partial charge on any atom is -0.270 e. The largest absolute Gasteiger partial charge is 0.272 e. The minimum atomic E-state index is -3.64. The highest BCUT2D eigenvalue weighted by molar-refractivity contribution is 8.02. The van der Waals surface area contributed by atoms with Gasteiger partial charge in [0.1, 0.15) is 10.4 Å². The van der Waals surface area contributed by atoms with Crippen LogP contribution in [0.25, 0.3) is 0 Å². The Kier molecular flexibility index (Phi) is 4.34. The fraction of sp³-hybridized carbons (Fsp3) is 0.214. The lowest BCUT2D eigenvalue weighted by Crippen LogP contribution is -2.30. The summed E-state index contributed by atoms with van der Waals surface area (Å²) in [4.78, 5) is 16.5. The molecule has 0 fully saturated rings. The van der Waals surface area contributed by atoms with Crippen LogP contribution in [0.4, 0.5) is 5.69 Å². The van der Waals surface area contributed by atoms with E-state index in [1.54, 1.807) is 30.6 Å². The van der Waals surface area contributed by atoms with Gasteiger partial charge in [-0.15, -0.1) is 11.3 Å². The molecule has 2 N–H and O–H groups in total. The molecule has 2 unspecified atom stereocenters. The lowest BCUT2D eigenvalue weighted by molar-refractivity contribution is -0.120. The molecule has 0 radical (unpaired) electrons. The number of nitrogens with one attached hydrogen (secondary N) is 2. The van der Waals surface area contributed by atoms with Crippen LogP contribution in [0.5, 0.6) is 0 Å². The second-order valence-electron chi connectivity index (χ2n) is 5.47. The number of thioether (sulfide) groups is 1. The van der Waals surface area contributed by atoms with E-state index in [4.69, 9.17) is 0 Å². The quantitative estimate of drug-likeness (QED) is 0.753. The number of rotatable bonds is 3. The molecule has 4 rings (SSSR count). The van der Waals surface area contributed by atoms with Gasteiger partial charge in [-0.3, -0.25) is 4.79 Å². The van der Waals surface area contributed by atoms with Crippen molar-refractivity contribution in [3.8, 4) is 0 Å². The normalized spacial score (nSPS) is 24.3. The maximum atomic E-state index is 12.5. The second-order valence-corrected chi connectivity index (χ2v) is 9.22. The molecule has 1 aromatic carbocycles. The minimum absolute atomic E-state index is 0.186. The van der Waals surface area contributed by atoms with Crippen LogP contribution < -0.4 is 10.1 Å². The zero-order valence-electron chi connectivity index (χ0n) is 13.3. The van der Waals surface area contributed by atoms with Crippen LogP contribution in [0.15, 0.2) is 54.9 Å². The van der Waals surface area contributed by atoms with E-state index in [1.165, 1.54) is 29.2 Å². The van der Waals surface area contributed by atoms with E-state index in [-0.39, 0.29) is 10.8 Å². The van der Waals surface area contributed by atoms with Gasteiger partial charge in [0.15, 0.2) is 6.04 Å². The molecule has 0 bridgehead atoms. The number of azo groups is 1. The smallest absolute Gasteiger partial charge is 0.270 e. The van der Waals surface area contributed by atoms with Crippen molar-refractivity contribution in [1.82, 2.24) is 15.1 Å². The summed E-state index contributed by atoms with van der Waals surface area (Å²) in [7, 11) is -3.64. The molecule has 1 amide bonds. The third-order valence-electron chi connectivity index (χ3n) is 3.67. The van der Waals surface area contributed by atoms with E-state index in [1.807, 2.05) is 0 Å². The molecule has 0 spiro atoms. The maximum absolute atomic E-state index is 12.5. The molecular formula is C14H12N6O3S3. The molecule has 26 heavy (non-hydrogen) atoms. The summed E-state index contributed by atoms with van der Waals surface area (Å²) in [5.74, 6) is -0.339. The summed E-state index contributed by atoms with van der Waals surface area (Å²) in [5, 5.41) is 13.9. The van der Waals surface area contributed by atoms with E-state index < -0.39 is 21.4 Å². The summed E-state index contributed by atoms with van der Waals surface area (Å²) in [6.07, 6.45) is 1.63. The van der Waals surface area contributed by atoms with Gasteiger partial charge in [0, 0.05) is 16.5 Å². The first-order chi connectivity index (χ1) is 12.4. The van der Waals surface area contributed by atoms with Crippen LogP contribution in [-0.2, 0) is 14.8 Å². The number of benzene rings is 1. The number of hydrazone groups is 1. The third-order valence-corrected chi connectivity index (χ3v) is 7.59. The molecule has 12 heteroatoms. The van der Waals surface area contributed by atoms with Crippen LogP contribution >= 0.6 is 23.1 Å². The average molecular weight is 408 g/mol. The van der Waals surface area contributed by atoms with Gasteiger partial charge >= 0.3 is 0 Å². The Morgan fingerprint density at radius 1 is 1.31 bits per heavy atom. The van der Waals surface area contributed by atoms with Crippen molar-refractivity contribution in [1.29, 1.82) is 0 Å². The summed E-state index contributed by atoms with van der Waals surface area (Å²) in [5.41, 5.74) is 3.32. The molecule has 2 aromatic rings. The summed E-state index contributed by atoms with van der Waals surface area (Å²) >= 11 is 2.72. The fourth-order valence-corrected chi connectivity index (χ4v) is 6.29. The Morgan fingerprint density at radius 3 is 2.85 bits per heavy atom. The van der Waals surface area contributed by atoms with Crippen LogP contribution in [0, 0.1) is 0 Å². The zero-order chi connectivity index (χ0) is 18.3. The molecule has 134 valence electrons. The average Bonchev–Trinajstić information content (AvgIpc) is 3.23. The van der Waals surface area contributed by atoms with Gasteiger partial charge in [-0.05, 0) is 25.1 Å². The van der Waals surface area contributed by atoms with Crippen molar-refractivity contribution < 1.29 is 13.2 Å². The summed E-state index contributed by atoms with van der Waals surface area (Å²) in [6.45, 7) is 1.68. The van der Waals surface area contributed by atoms with E-state index in [0.717, 1.165) is 0 Å². The molecule has 9 nitrogen and oxygen atoms in total. The Bertz CT molecular complexity index is 1030. The highest BCUT2D eigenvalue weighted by atomic mass is 32.2. The monoisotopic (exact) mass is 408 g/mol. The molecule has 0 saturated heterocycles. The molecule has 3 heterocycles. The van der Waals surface area contributed by atoms with Gasteiger partial charge in [0.2, 0.25) is 10.0 Å². The first-order valence-corrected chi connectivity index (χ1v) is 10.7. The maximum Gasteiger partial charge on any atom is 0.272 e. The van der Waals surface area contributed by atoms with Gasteiger partial charge in [-0.2, -0.15) is 20.1 Å². The number of aromatic nitrogens is 1. The Hall–Kier alpha value is -2.15. The predicted octanol–water partition coefficient (Wildman–Crippen LogP) is 2.18. The highest BCUT2D eigenvalue weighted by Crippen LogP contribution is 2.43. The number of sulfonamides is 1. The van der Waals surface area contributed by atoms with E-state index >= 15 is 0 Å². The Morgan fingerprint density at radius 2 is 2.15 bits per heavy atom. The fourth-order valence-electron chi connectivity index (χ4n) is 2.41. The second kappa shape index (κ2) is 6.54. The van der Waals surface area contributed by atoms with Gasteiger partial charge < -0.3 is 0 Å². The number of hydrogen-bond donors (Lipinski definition) is 2. The standard InChI is InChI=1S/C14H12N6O3S3/c1-7-11(12(21)19-16-7)18-17-8-2-3-10-9(6-8)25-14(20-26(10,22)23)13-15-4-5-24-13/h2-6,11,14,20H,1H3,(H,19,21). The topological polar surface area (TPSA) is 125 Å². The van der Waals surface area contributed by atoms with Gasteiger partial charge in [0.05, 0.1) is 16.3 Å². The number of carbonyl (C=O) groups is 1. The molecule has 2 aliphatic rings. The van der Waals surface area contributed by atoms with Crippen molar-refractivity contribution in [3.63, 3.8) is 0 Å². The molecule has 2 atom stereocenters. The van der Waals surface area contributed by atoms with Crippen molar-refractivity contribution in [3.05, 3.63) is 34.8 Å². The van der Waals surface area contributed by atoms with E-state index in [0.29, 0.717) is 21.3 Å². The molecule has 0 saturated carbocycles. The highest BCUT2D eigenvalue weighted by Gasteiger charge is 2.32. The van der Waals surface area contributed by atoms with Crippen molar-refractivity contribution in [2.75, 3.05) is 0 Å². The predicted molar refractivity (Wildman–Crippen MR) is 97.0 cm³/mol. The van der Waals surface area contributed by atoms with Crippen LogP contribution in [0.2, 0.25) is 0 Å². The third kappa shape index (κ3) is 3.16. The molecule has 1 aromatic heterocycles. The number of carbonyl (C=O) groups excluding carboxylic acids is 1. The number of thiazole rings is 1. The van der Waals surface area contributed by atoms with E-state index in [2.05, 4.69) is 30.5 Å². The van der Waals surface area contributed by atoms with Gasteiger partial charge in [-0.25, -0.2) is 18.8 Å². The lowest BCUT2D eigenvalue weighted by atomic mass is 10.2. The van der Waals surface area contributed by atoms with Crippen LogP contribution in [0.1, 0.15) is 17.3 Å². The van der Waals surface area contributed by atoms with Crippen molar-refractivity contribution in [2.24, 2.45) is 15.3 Å². The SMILES string of the molecule is CC1=NNC(=O)C1N=Nc1ccc2c(c1)SC(c1nccs1)NS2(=O)=O. The number of fused-ring (bicyclic) bond motifs is 1. The van der Waals surface area contributed by atoms with Gasteiger partial charge in [-0.1, -0.05) is 11.8 Å². The van der Waals surface area contributed by atoms with Crippen LogP contribution in [-0.4, -0.2) is 31.1 Å². The zero-order valence-corrected chi connectivity index (χ0v) is 15.7. The van der Waals surface area contributed by atoms with Crippen molar-refractivity contribution in [2.45, 2.75) is 28.1 Å². The Labute approximate surface area is 157 Å². The number of hydrogen-bond acceptors (Lipinski definition) is 9. The lowest BCUT2D eigenvalue weighted by Gasteiger charge is -2.23. The number of amides is 1. The van der Waals surface area contributed by atoms with Crippen molar-refractivity contribution >= 4 is 50.4 Å². The van der Waals surface area contributed by atoms with Crippen LogP contribution in [0.3, 0.4) is 0 Å². The van der Waals surface area contributed by atoms with Gasteiger partial charge in [0.25, 0.3) is 5.91 Å². The molecular weight excluding hydrogens is 396 g/mol. The first-order valence-electron chi connectivity index (χ1n) is 7.41.